The van der Waals surface area contributed by atoms with Gasteiger partial charge in [0.1, 0.15) is 5.75 Å². The van der Waals surface area contributed by atoms with Gasteiger partial charge in [0.2, 0.25) is 5.91 Å². The summed E-state index contributed by atoms with van der Waals surface area (Å²) in [5.41, 5.74) is 1.20. The normalized spacial score (nSPS) is 13.9. The van der Waals surface area contributed by atoms with E-state index >= 15 is 0 Å². The van der Waals surface area contributed by atoms with Crippen LogP contribution in [-0.2, 0) is 0 Å². The summed E-state index contributed by atoms with van der Waals surface area (Å²) >= 11 is 1.36. The number of benzene rings is 1. The molecule has 0 atom stereocenters. The minimum atomic E-state index is -2.86. The fourth-order valence-electron chi connectivity index (χ4n) is 1.81. The first-order valence-electron chi connectivity index (χ1n) is 5.44. The molecule has 2 aromatic rings. The van der Waals surface area contributed by atoms with Gasteiger partial charge in [-0.1, -0.05) is 23.9 Å². The van der Waals surface area contributed by atoms with Crippen molar-refractivity contribution in [2.75, 3.05) is 5.75 Å². The molecule has 1 aromatic carbocycles. The van der Waals surface area contributed by atoms with Gasteiger partial charge in [-0.2, -0.15) is 8.78 Å². The van der Waals surface area contributed by atoms with Crippen LogP contribution in [-0.4, -0.2) is 27.8 Å². The third-order valence-electron chi connectivity index (χ3n) is 2.62. The summed E-state index contributed by atoms with van der Waals surface area (Å²) in [7, 11) is 0. The number of nitrogens with zero attached hydrogens (tertiary/aromatic N) is 2. The Labute approximate surface area is 111 Å². The first-order valence-corrected chi connectivity index (χ1v) is 6.43. The molecule has 0 spiro atoms. The van der Waals surface area contributed by atoms with Crippen LogP contribution in [0.1, 0.15) is 4.79 Å². The molecule has 0 radical (unpaired) electrons. The monoisotopic (exact) mass is 282 g/mol. The van der Waals surface area contributed by atoms with Crippen molar-refractivity contribution in [3.63, 3.8) is 0 Å². The van der Waals surface area contributed by atoms with Gasteiger partial charge in [0.25, 0.3) is 0 Å². The second-order valence-electron chi connectivity index (χ2n) is 3.87. The molecule has 1 aliphatic rings. The predicted molar refractivity (Wildman–Crippen MR) is 65.6 cm³/mol. The van der Waals surface area contributed by atoms with Crippen LogP contribution in [0.15, 0.2) is 35.6 Å². The molecule has 0 saturated carbocycles. The number of aromatic nitrogens is 2. The highest BCUT2D eigenvalue weighted by molar-refractivity contribution is 8.00. The lowest BCUT2D eigenvalue weighted by Gasteiger charge is -2.05. The van der Waals surface area contributed by atoms with Gasteiger partial charge < -0.3 is 4.74 Å². The molecule has 4 nitrogen and oxygen atoms in total. The first-order chi connectivity index (χ1) is 9.13. The summed E-state index contributed by atoms with van der Waals surface area (Å²) in [4.78, 5) is 15.8. The molecule has 3 rings (SSSR count). The molecule has 0 aliphatic carbocycles. The molecule has 0 saturated heterocycles. The van der Waals surface area contributed by atoms with Crippen molar-refractivity contribution in [3.8, 4) is 17.0 Å². The maximum Gasteiger partial charge on any atom is 0.387 e. The van der Waals surface area contributed by atoms with Crippen LogP contribution in [0.3, 0.4) is 0 Å². The number of fused-ring (bicyclic) bond motifs is 1. The van der Waals surface area contributed by atoms with Crippen LogP contribution in [0, 0.1) is 0 Å². The average Bonchev–Trinajstić information content (AvgIpc) is 2.92. The van der Waals surface area contributed by atoms with E-state index in [9.17, 15) is 13.6 Å². The number of hydrogen-bond acceptors (Lipinski definition) is 4. The molecular weight excluding hydrogens is 274 g/mol. The lowest BCUT2D eigenvalue weighted by atomic mass is 10.1. The van der Waals surface area contributed by atoms with E-state index in [2.05, 4.69) is 9.72 Å². The van der Waals surface area contributed by atoms with Crippen molar-refractivity contribution in [2.24, 2.45) is 0 Å². The number of carbonyl (C=O) groups excluding carboxylic acids is 1. The quantitative estimate of drug-likeness (QED) is 0.868. The van der Waals surface area contributed by atoms with E-state index in [0.29, 0.717) is 22.2 Å². The molecule has 0 N–H and O–H groups in total. The average molecular weight is 282 g/mol. The zero-order valence-corrected chi connectivity index (χ0v) is 10.4. The van der Waals surface area contributed by atoms with E-state index in [4.69, 9.17) is 0 Å². The highest BCUT2D eigenvalue weighted by Crippen LogP contribution is 2.30. The number of thioether (sulfide) groups is 1. The topological polar surface area (TPSA) is 44.1 Å². The van der Waals surface area contributed by atoms with Crippen molar-refractivity contribution in [3.05, 3.63) is 30.5 Å². The van der Waals surface area contributed by atoms with Crippen LogP contribution < -0.4 is 4.74 Å². The number of carbonyl (C=O) groups is 1. The van der Waals surface area contributed by atoms with Gasteiger partial charge in [0.05, 0.1) is 11.4 Å². The first kappa shape index (κ1) is 12.2. The lowest BCUT2D eigenvalue weighted by molar-refractivity contribution is -0.0498. The van der Waals surface area contributed by atoms with Crippen molar-refractivity contribution in [1.29, 1.82) is 0 Å². The SMILES string of the molecule is O=C1CSc2nc(-c3cccc(OC(F)F)c3)cn21. The van der Waals surface area contributed by atoms with Crippen molar-refractivity contribution in [1.82, 2.24) is 9.55 Å². The summed E-state index contributed by atoms with van der Waals surface area (Å²) in [5, 5.41) is 0.625. The molecular formula is C12H8F2N2O2S. The van der Waals surface area contributed by atoms with E-state index < -0.39 is 6.61 Å². The van der Waals surface area contributed by atoms with Gasteiger partial charge in [-0.15, -0.1) is 0 Å². The van der Waals surface area contributed by atoms with Crippen LogP contribution in [0.4, 0.5) is 8.78 Å². The van der Waals surface area contributed by atoms with Crippen LogP contribution in [0.25, 0.3) is 11.3 Å². The summed E-state index contributed by atoms with van der Waals surface area (Å²) in [5.74, 6) is 0.426. The third-order valence-corrected chi connectivity index (χ3v) is 3.56. The zero-order chi connectivity index (χ0) is 13.4. The Bertz CT molecular complexity index is 642. The predicted octanol–water partition coefficient (Wildman–Crippen LogP) is 2.90. The molecule has 1 aromatic heterocycles. The molecule has 0 amide bonds. The Hall–Kier alpha value is -1.89. The van der Waals surface area contributed by atoms with Gasteiger partial charge in [0, 0.05) is 11.8 Å². The Balaban J connectivity index is 1.94. The maximum absolute atomic E-state index is 12.1. The molecule has 98 valence electrons. The van der Waals surface area contributed by atoms with Crippen LogP contribution >= 0.6 is 11.8 Å². The summed E-state index contributed by atoms with van der Waals surface area (Å²) in [6, 6.07) is 6.25. The van der Waals surface area contributed by atoms with Gasteiger partial charge in [0.15, 0.2) is 5.16 Å². The largest absolute Gasteiger partial charge is 0.435 e. The Kier molecular flexibility index (Phi) is 2.98. The maximum atomic E-state index is 12.1. The van der Waals surface area contributed by atoms with Gasteiger partial charge in [-0.05, 0) is 12.1 Å². The zero-order valence-electron chi connectivity index (χ0n) is 9.55. The fourth-order valence-corrected chi connectivity index (χ4v) is 2.66. The van der Waals surface area contributed by atoms with E-state index in [1.54, 1.807) is 18.3 Å². The number of rotatable bonds is 3. The van der Waals surface area contributed by atoms with Gasteiger partial charge in [-0.25, -0.2) is 4.98 Å². The smallest absolute Gasteiger partial charge is 0.387 e. The van der Waals surface area contributed by atoms with E-state index in [0.717, 1.165) is 0 Å². The number of halogens is 2. The van der Waals surface area contributed by atoms with E-state index in [1.165, 1.54) is 28.5 Å². The number of ether oxygens (including phenoxy) is 1. The van der Waals surface area contributed by atoms with Crippen molar-refractivity contribution >= 4 is 17.7 Å². The second-order valence-corrected chi connectivity index (χ2v) is 4.81. The fraction of sp³-hybridized carbons (Fsp3) is 0.167. The summed E-state index contributed by atoms with van der Waals surface area (Å²) in [6.07, 6.45) is 1.61. The molecule has 0 unspecified atom stereocenters. The highest BCUT2D eigenvalue weighted by atomic mass is 32.2. The molecule has 0 bridgehead atoms. The minimum Gasteiger partial charge on any atom is -0.435 e. The summed E-state index contributed by atoms with van der Waals surface area (Å²) in [6.45, 7) is -2.86. The summed E-state index contributed by atoms with van der Waals surface area (Å²) < 4.78 is 30.1. The Morgan fingerprint density at radius 3 is 3.00 bits per heavy atom. The molecule has 19 heavy (non-hydrogen) atoms. The van der Waals surface area contributed by atoms with Gasteiger partial charge in [-0.3, -0.25) is 9.36 Å². The third kappa shape index (κ3) is 2.33. The molecule has 1 aliphatic heterocycles. The standard InChI is InChI=1S/C12H8F2N2O2S/c13-11(14)18-8-3-1-2-7(4-8)9-5-16-10(17)6-19-12(16)15-9/h1-5,11H,6H2. The second kappa shape index (κ2) is 4.65. The van der Waals surface area contributed by atoms with Crippen LogP contribution in [0.5, 0.6) is 5.75 Å². The van der Waals surface area contributed by atoms with Crippen LogP contribution in [0.2, 0.25) is 0 Å². The van der Waals surface area contributed by atoms with E-state index in [-0.39, 0.29) is 11.7 Å². The number of imidazole rings is 1. The number of hydrogen-bond donors (Lipinski definition) is 0. The van der Waals surface area contributed by atoms with Crippen molar-refractivity contribution < 1.29 is 18.3 Å². The van der Waals surface area contributed by atoms with Crippen molar-refractivity contribution in [2.45, 2.75) is 11.8 Å². The van der Waals surface area contributed by atoms with Gasteiger partial charge >= 0.3 is 6.61 Å². The Morgan fingerprint density at radius 1 is 1.42 bits per heavy atom. The molecule has 7 heteroatoms. The number of alkyl halides is 2. The molecule has 2 heterocycles. The highest BCUT2D eigenvalue weighted by Gasteiger charge is 2.22. The minimum absolute atomic E-state index is 0.0289. The molecule has 0 fully saturated rings. The van der Waals surface area contributed by atoms with E-state index in [1.807, 2.05) is 0 Å². The Morgan fingerprint density at radius 2 is 2.26 bits per heavy atom. The lowest BCUT2D eigenvalue weighted by Crippen LogP contribution is -2.04.